The summed E-state index contributed by atoms with van der Waals surface area (Å²) in [7, 11) is 6.10. The van der Waals surface area contributed by atoms with Crippen molar-refractivity contribution in [2.45, 2.75) is 52.2 Å². The summed E-state index contributed by atoms with van der Waals surface area (Å²) in [5.41, 5.74) is 11.0. The van der Waals surface area contributed by atoms with Gasteiger partial charge in [0, 0.05) is 117 Å². The number of nitriles is 1. The lowest BCUT2D eigenvalue weighted by atomic mass is 9.95. The number of carbonyl (C=O) groups is 1. The third-order valence-corrected chi connectivity index (χ3v) is 14.1. The van der Waals surface area contributed by atoms with E-state index >= 15 is 0 Å². The van der Waals surface area contributed by atoms with Gasteiger partial charge >= 0.3 is 0 Å². The summed E-state index contributed by atoms with van der Waals surface area (Å²) in [4.78, 5) is 47.8. The number of pyridine rings is 3. The minimum absolute atomic E-state index is 0.265. The summed E-state index contributed by atoms with van der Waals surface area (Å²) in [5.74, 6) is 0.148. The van der Waals surface area contributed by atoms with Crippen LogP contribution in [0, 0.1) is 24.2 Å². The second-order valence-electron chi connectivity index (χ2n) is 20.1. The fourth-order valence-electron chi connectivity index (χ4n) is 9.41. The first kappa shape index (κ1) is 57.2. The Morgan fingerprint density at radius 3 is 1.69 bits per heavy atom. The van der Waals surface area contributed by atoms with Crippen LogP contribution in [0.3, 0.4) is 0 Å². The van der Waals surface area contributed by atoms with Gasteiger partial charge in [-0.15, -0.1) is 20.4 Å². The van der Waals surface area contributed by atoms with Gasteiger partial charge in [-0.2, -0.15) is 15.7 Å². The van der Waals surface area contributed by atoms with Gasteiger partial charge in [-0.25, -0.2) is 19.3 Å². The SMILES string of the molecule is CN(CCn1cnc(-c2nccc(C(=O)NC#N)c2C(Cn2cnc(-c3cc(-c4nn[nH]n4)ccn3)c2)N(C)Cc2ccc(Cl)cc2)c1)Cc1ccc(F)cc1.Cc1ccc(CN(C)CCn2cnc(-c3cc(-c4nn[nH]n4)ccn3)c2)cc1. The number of tetrazole rings is 2. The highest BCUT2D eigenvalue weighted by atomic mass is 35.5. The molecule has 25 heteroatoms. The van der Waals surface area contributed by atoms with Crippen LogP contribution in [-0.4, -0.2) is 140 Å². The topological polar surface area (TPSA) is 264 Å². The van der Waals surface area contributed by atoms with Crippen molar-refractivity contribution in [1.29, 1.82) is 5.26 Å². The van der Waals surface area contributed by atoms with Crippen LogP contribution < -0.4 is 5.32 Å². The molecule has 0 aliphatic heterocycles. The molecule has 0 radical (unpaired) electrons. The molecule has 23 nitrogen and oxygen atoms in total. The molecule has 3 N–H and O–H groups in total. The van der Waals surface area contributed by atoms with Crippen molar-refractivity contribution < 1.29 is 9.18 Å². The predicted molar refractivity (Wildman–Crippen MR) is 312 cm³/mol. The number of halogens is 2. The number of aryl methyl sites for hydroxylation is 1. The summed E-state index contributed by atoms with van der Waals surface area (Å²) in [6, 6.07) is 31.3. The molecule has 0 fully saturated rings. The number of amides is 1. The second-order valence-corrected chi connectivity index (χ2v) is 20.5. The van der Waals surface area contributed by atoms with E-state index < -0.39 is 11.9 Å². The molecule has 84 heavy (non-hydrogen) atoms. The van der Waals surface area contributed by atoms with Gasteiger partial charge in [0.15, 0.2) is 6.19 Å². The van der Waals surface area contributed by atoms with E-state index in [9.17, 15) is 14.4 Å². The summed E-state index contributed by atoms with van der Waals surface area (Å²) < 4.78 is 19.4. The molecule has 0 aliphatic carbocycles. The third-order valence-electron chi connectivity index (χ3n) is 13.8. The fourth-order valence-corrected chi connectivity index (χ4v) is 9.53. The molecule has 3 aromatic carbocycles. The Bertz CT molecular complexity index is 3930. The lowest BCUT2D eigenvalue weighted by Gasteiger charge is -2.31. The van der Waals surface area contributed by atoms with Gasteiger partial charge in [-0.3, -0.25) is 30.0 Å². The van der Waals surface area contributed by atoms with Crippen LogP contribution in [0.1, 0.15) is 44.2 Å². The van der Waals surface area contributed by atoms with E-state index in [1.54, 1.807) is 61.7 Å². The molecule has 0 spiro atoms. The Kier molecular flexibility index (Phi) is 18.5. The lowest BCUT2D eigenvalue weighted by Crippen LogP contribution is -2.31. The molecule has 8 heterocycles. The molecule has 1 atom stereocenters. The van der Waals surface area contributed by atoms with Crippen LogP contribution in [0.25, 0.3) is 56.9 Å². The summed E-state index contributed by atoms with van der Waals surface area (Å²) in [6.07, 6.45) is 17.8. The maximum atomic E-state index is 13.6. The van der Waals surface area contributed by atoms with E-state index in [0.717, 1.165) is 53.3 Å². The smallest absolute Gasteiger partial charge is 0.264 e. The summed E-state index contributed by atoms with van der Waals surface area (Å²) in [5, 5.41) is 40.8. The van der Waals surface area contributed by atoms with Crippen molar-refractivity contribution in [3.05, 3.63) is 204 Å². The molecule has 0 aliphatic rings. The number of aromatic nitrogens is 17. The van der Waals surface area contributed by atoms with Crippen molar-refractivity contribution in [3.63, 3.8) is 0 Å². The number of nitrogens with zero attached hydrogens (tertiary/aromatic N) is 19. The molecule has 1 unspecified atom stereocenters. The molecule has 8 aromatic heterocycles. The second kappa shape index (κ2) is 27.1. The molecule has 1 amide bonds. The fraction of sp³-hybridized carbons (Fsp3) is 0.220. The van der Waals surface area contributed by atoms with Crippen LogP contribution in [0.5, 0.6) is 0 Å². The minimum Gasteiger partial charge on any atom is -0.335 e. The van der Waals surface area contributed by atoms with Gasteiger partial charge < -0.3 is 23.5 Å². The normalized spacial score (nSPS) is 11.7. The van der Waals surface area contributed by atoms with Crippen LogP contribution in [-0.2, 0) is 39.3 Å². The van der Waals surface area contributed by atoms with Crippen LogP contribution >= 0.6 is 11.6 Å². The highest BCUT2D eigenvalue weighted by Gasteiger charge is 2.29. The maximum absolute atomic E-state index is 13.6. The zero-order valence-corrected chi connectivity index (χ0v) is 47.2. The number of H-pyrrole nitrogens is 2. The first-order valence-corrected chi connectivity index (χ1v) is 27.1. The first-order chi connectivity index (χ1) is 40.9. The number of rotatable bonds is 22. The standard InChI is InChI=1S/C39H36ClFN14O.C20H22N8/c1-52(18-26-5-9-30(41)10-6-26)15-16-54-21-34(47-24-54)37-36(31(12-14-44-37)39(56)45-23-42)35(53(2)19-27-3-7-29(40)8-4-27)22-55-20-33(46-25-55)32-17-28(11-13-43-32)38-48-50-51-49-38;1-15-3-5-16(6-4-15)12-27(2)9-10-28-13-19(22-14-28)18-11-17(7-8-21-18)20-23-25-26-24-20/h3-14,17,20-21,24-25,35H,15-16,18-19,22H2,1-2H3,(H,45,56)(H,48,49,50,51);3-8,11,13-14H,9-10,12H2,1-2H3,(H,23,24,25,26). The summed E-state index contributed by atoms with van der Waals surface area (Å²) >= 11 is 6.22. The zero-order chi connectivity index (χ0) is 58.4. The van der Waals surface area contributed by atoms with Crippen molar-refractivity contribution in [1.82, 2.24) is 105 Å². The van der Waals surface area contributed by atoms with E-state index in [4.69, 9.17) is 21.6 Å². The number of nitrogens with one attached hydrogen (secondary N) is 3. The van der Waals surface area contributed by atoms with Gasteiger partial charge in [0.2, 0.25) is 11.6 Å². The van der Waals surface area contributed by atoms with E-state index in [2.05, 4.69) is 124 Å². The van der Waals surface area contributed by atoms with E-state index in [-0.39, 0.29) is 11.4 Å². The molecule has 11 aromatic rings. The van der Waals surface area contributed by atoms with Gasteiger partial charge in [-0.1, -0.05) is 65.7 Å². The van der Waals surface area contributed by atoms with Gasteiger partial charge in [0.1, 0.15) is 22.9 Å². The maximum Gasteiger partial charge on any atom is 0.264 e. The average molecular weight is 1150 g/mol. The molecular weight excluding hydrogens is 1090 g/mol. The third kappa shape index (κ3) is 14.9. The van der Waals surface area contributed by atoms with E-state index in [0.29, 0.717) is 77.7 Å². The van der Waals surface area contributed by atoms with Crippen LogP contribution in [0.2, 0.25) is 5.02 Å². The molecule has 0 bridgehead atoms. The van der Waals surface area contributed by atoms with Gasteiger partial charge in [0.25, 0.3) is 5.91 Å². The minimum atomic E-state index is -0.563. The van der Waals surface area contributed by atoms with Crippen molar-refractivity contribution in [2.24, 2.45) is 0 Å². The summed E-state index contributed by atoms with van der Waals surface area (Å²) in [6.45, 7) is 7.62. The molecule has 0 saturated heterocycles. The van der Waals surface area contributed by atoms with Crippen molar-refractivity contribution in [3.8, 4) is 63.1 Å². The number of benzene rings is 3. The number of carbonyl (C=O) groups excluding carboxylic acids is 1. The quantitative estimate of drug-likeness (QED) is 0.0429. The van der Waals surface area contributed by atoms with E-state index in [1.165, 1.54) is 23.3 Å². The molecular formula is C59H58ClFN22O. The van der Waals surface area contributed by atoms with Crippen molar-refractivity contribution in [2.75, 3.05) is 34.2 Å². The first-order valence-electron chi connectivity index (χ1n) is 26.7. The Morgan fingerprint density at radius 2 is 1.13 bits per heavy atom. The Hall–Kier alpha value is -10.1. The van der Waals surface area contributed by atoms with Gasteiger partial charge in [-0.05, 0) is 110 Å². The highest BCUT2D eigenvalue weighted by Crippen LogP contribution is 2.35. The largest absolute Gasteiger partial charge is 0.335 e. The Balaban J connectivity index is 0.000000234. The number of hydrogen-bond donors (Lipinski definition) is 3. The van der Waals surface area contributed by atoms with E-state index in [1.807, 2.05) is 90.6 Å². The highest BCUT2D eigenvalue weighted by molar-refractivity contribution is 6.30. The molecule has 424 valence electrons. The zero-order valence-electron chi connectivity index (χ0n) is 46.4. The number of hydrogen-bond acceptors (Lipinski definition) is 17. The monoisotopic (exact) mass is 1140 g/mol. The van der Waals surface area contributed by atoms with Crippen molar-refractivity contribution >= 4 is 17.5 Å². The number of imidazole rings is 3. The Morgan fingerprint density at radius 1 is 0.631 bits per heavy atom. The number of likely N-dealkylation sites (N-methyl/N-ethyl adjacent to an activating group) is 3. The predicted octanol–water partition coefficient (Wildman–Crippen LogP) is 7.96. The molecule has 11 rings (SSSR count). The van der Waals surface area contributed by atoms with Crippen LogP contribution in [0.15, 0.2) is 159 Å². The van der Waals surface area contributed by atoms with Gasteiger partial charge in [0.05, 0.1) is 42.1 Å². The average Bonchev–Trinajstić information content (AvgIpc) is 3.38. The number of aromatic amines is 2. The van der Waals surface area contributed by atoms with Crippen LogP contribution in [0.4, 0.5) is 4.39 Å². The lowest BCUT2D eigenvalue weighted by molar-refractivity contribution is 0.0968. The molecule has 0 saturated carbocycles. The Labute approximate surface area is 487 Å².